The predicted molar refractivity (Wildman–Crippen MR) is 164 cm³/mol. The van der Waals surface area contributed by atoms with Crippen molar-refractivity contribution in [2.75, 3.05) is 36.9 Å². The van der Waals surface area contributed by atoms with Gasteiger partial charge in [-0.3, -0.25) is 19.9 Å². The molecule has 5 heterocycles. The summed E-state index contributed by atoms with van der Waals surface area (Å²) in [4.78, 5) is 44.8. The number of benzene rings is 1. The molecule has 0 spiro atoms. The summed E-state index contributed by atoms with van der Waals surface area (Å²) >= 11 is 1.33. The Hall–Kier alpha value is -4.35. The highest BCUT2D eigenvalue weighted by Gasteiger charge is 2.20. The second-order valence-corrected chi connectivity index (χ2v) is 11.5. The van der Waals surface area contributed by atoms with Gasteiger partial charge >= 0.3 is 0 Å². The van der Waals surface area contributed by atoms with Crippen molar-refractivity contribution < 1.29 is 14.0 Å². The van der Waals surface area contributed by atoms with E-state index in [0.717, 1.165) is 41.3 Å². The summed E-state index contributed by atoms with van der Waals surface area (Å²) in [6.45, 7) is 3.52. The number of anilines is 2. The smallest absolute Gasteiger partial charge is 0.268 e. The number of hydrogen-bond acceptors (Lipinski definition) is 8. The summed E-state index contributed by atoms with van der Waals surface area (Å²) in [5.74, 6) is 0.883. The minimum atomic E-state index is -0.256. The summed E-state index contributed by atoms with van der Waals surface area (Å²) in [7, 11) is 1.81. The number of thiophene rings is 1. The van der Waals surface area contributed by atoms with Gasteiger partial charge in [0.25, 0.3) is 5.91 Å². The number of nitrogens with zero attached hydrogens (tertiary/aromatic N) is 6. The number of aryl methyl sites for hydroxylation is 2. The molecule has 4 aromatic heterocycles. The number of aromatic nitrogens is 4. The maximum Gasteiger partial charge on any atom is 0.268 e. The minimum Gasteiger partial charge on any atom is -0.443 e. The Balaban J connectivity index is 1.23. The molecular formula is C31H33N7O3S. The van der Waals surface area contributed by atoms with Crippen LogP contribution in [0.2, 0.25) is 0 Å². The van der Waals surface area contributed by atoms with Gasteiger partial charge in [-0.15, -0.1) is 11.3 Å². The van der Waals surface area contributed by atoms with Crippen molar-refractivity contribution in [3.8, 4) is 10.6 Å². The average molecular weight is 584 g/mol. The molecule has 10 nitrogen and oxygen atoms in total. The molecule has 0 radical (unpaired) electrons. The molecule has 0 atom stereocenters. The third kappa shape index (κ3) is 6.27. The van der Waals surface area contributed by atoms with Crippen LogP contribution in [0.3, 0.4) is 0 Å². The molecule has 1 saturated heterocycles. The average Bonchev–Trinajstić information content (AvgIpc) is 3.79. The molecule has 0 bridgehead atoms. The van der Waals surface area contributed by atoms with E-state index in [9.17, 15) is 9.59 Å². The number of piperidine rings is 1. The number of hydrogen-bond donors (Lipinski definition) is 1. The monoisotopic (exact) mass is 583 g/mol. The lowest BCUT2D eigenvalue weighted by Gasteiger charge is -2.27. The van der Waals surface area contributed by atoms with Crippen LogP contribution in [0.4, 0.5) is 11.6 Å². The molecule has 1 aromatic carbocycles. The van der Waals surface area contributed by atoms with Crippen LogP contribution in [0.1, 0.15) is 40.9 Å². The van der Waals surface area contributed by atoms with Crippen molar-refractivity contribution in [3.05, 3.63) is 77.9 Å². The normalized spacial score (nSPS) is 13.8. The molecule has 0 aliphatic carbocycles. The maximum atomic E-state index is 13.3. The van der Waals surface area contributed by atoms with Crippen LogP contribution < -0.4 is 10.2 Å². The number of likely N-dealkylation sites (tertiary alicyclic amines) is 1. The fourth-order valence-electron chi connectivity index (χ4n) is 5.28. The molecule has 216 valence electrons. The van der Waals surface area contributed by atoms with Gasteiger partial charge in [0.1, 0.15) is 0 Å². The van der Waals surface area contributed by atoms with E-state index in [-0.39, 0.29) is 11.8 Å². The number of amides is 2. The van der Waals surface area contributed by atoms with E-state index in [1.807, 2.05) is 54.2 Å². The van der Waals surface area contributed by atoms with E-state index in [1.165, 1.54) is 37.0 Å². The standard InChI is InChI=1S/C31H33N7O3S/c1-36(29(39)12-16-37-14-3-2-4-15-37)23-7-8-25-24(18-23)34-31(38(25)17-11-22-6-5-13-32-19-22)35-30(40)28-10-9-27(42-28)26-20-33-21-41-26/h5-10,13,18-21H,2-4,11-12,14-17H2,1H3,(H,34,35,40). The van der Waals surface area contributed by atoms with Crippen molar-refractivity contribution in [2.24, 2.45) is 0 Å². The lowest BCUT2D eigenvalue weighted by molar-refractivity contribution is -0.118. The quantitative estimate of drug-likeness (QED) is 0.232. The summed E-state index contributed by atoms with van der Waals surface area (Å²) in [5.41, 5.74) is 3.44. The number of rotatable bonds is 10. The highest BCUT2D eigenvalue weighted by Crippen LogP contribution is 2.30. The minimum absolute atomic E-state index is 0.0738. The first-order valence-electron chi connectivity index (χ1n) is 14.2. The molecule has 0 saturated carbocycles. The summed E-state index contributed by atoms with van der Waals surface area (Å²) in [5, 5.41) is 3.01. The maximum absolute atomic E-state index is 13.3. The first kappa shape index (κ1) is 27.8. The van der Waals surface area contributed by atoms with E-state index in [2.05, 4.69) is 20.2 Å². The first-order valence-corrected chi connectivity index (χ1v) is 15.0. The first-order chi connectivity index (χ1) is 20.5. The zero-order valence-corrected chi connectivity index (χ0v) is 24.3. The van der Waals surface area contributed by atoms with E-state index in [0.29, 0.717) is 41.5 Å². The second-order valence-electron chi connectivity index (χ2n) is 10.5. The molecule has 1 aliphatic heterocycles. The van der Waals surface area contributed by atoms with Crippen LogP contribution in [0, 0.1) is 0 Å². The van der Waals surface area contributed by atoms with Crippen molar-refractivity contribution >= 4 is 45.8 Å². The molecule has 42 heavy (non-hydrogen) atoms. The fraction of sp³-hybridized carbons (Fsp3) is 0.323. The van der Waals surface area contributed by atoms with Crippen LogP contribution in [0.15, 0.2) is 71.9 Å². The third-order valence-electron chi connectivity index (χ3n) is 7.66. The lowest BCUT2D eigenvalue weighted by Crippen LogP contribution is -2.35. The predicted octanol–water partition coefficient (Wildman–Crippen LogP) is 5.48. The molecule has 0 unspecified atom stereocenters. The van der Waals surface area contributed by atoms with E-state index < -0.39 is 0 Å². The topological polar surface area (TPSA) is 109 Å². The molecule has 11 heteroatoms. The molecule has 1 aliphatic rings. The van der Waals surface area contributed by atoms with Gasteiger partial charge in [-0.2, -0.15) is 0 Å². The van der Waals surface area contributed by atoms with Gasteiger partial charge < -0.3 is 18.8 Å². The summed E-state index contributed by atoms with van der Waals surface area (Å²) < 4.78 is 7.38. The summed E-state index contributed by atoms with van der Waals surface area (Å²) in [6, 6.07) is 13.4. The Kier molecular flexibility index (Phi) is 8.38. The van der Waals surface area contributed by atoms with Crippen LogP contribution in [0.25, 0.3) is 21.7 Å². The van der Waals surface area contributed by atoms with Gasteiger partial charge in [0, 0.05) is 44.6 Å². The van der Waals surface area contributed by atoms with Crippen molar-refractivity contribution in [2.45, 2.75) is 38.6 Å². The number of fused-ring (bicyclic) bond motifs is 1. The molecule has 6 rings (SSSR count). The zero-order valence-electron chi connectivity index (χ0n) is 23.5. The van der Waals surface area contributed by atoms with E-state index >= 15 is 0 Å². The van der Waals surface area contributed by atoms with Crippen LogP contribution in [0.5, 0.6) is 0 Å². The van der Waals surface area contributed by atoms with Gasteiger partial charge in [-0.05, 0) is 74.3 Å². The number of carbonyl (C=O) groups is 2. The Morgan fingerprint density at radius 1 is 1.05 bits per heavy atom. The SMILES string of the molecule is CN(C(=O)CCN1CCCCC1)c1ccc2c(c1)nc(NC(=O)c1ccc(-c3cnco3)s1)n2CCc1cccnc1. The van der Waals surface area contributed by atoms with E-state index in [4.69, 9.17) is 9.40 Å². The van der Waals surface area contributed by atoms with Crippen LogP contribution >= 0.6 is 11.3 Å². The lowest BCUT2D eigenvalue weighted by atomic mass is 10.1. The van der Waals surface area contributed by atoms with Gasteiger partial charge in [0.05, 0.1) is 27.0 Å². The van der Waals surface area contributed by atoms with E-state index in [1.54, 1.807) is 23.4 Å². The van der Waals surface area contributed by atoms with Gasteiger partial charge in [-0.1, -0.05) is 12.5 Å². The number of pyridine rings is 1. The van der Waals surface area contributed by atoms with Gasteiger partial charge in [0.15, 0.2) is 12.2 Å². The Bertz CT molecular complexity index is 1660. The van der Waals surface area contributed by atoms with Crippen molar-refractivity contribution in [1.82, 2.24) is 24.4 Å². The molecule has 1 fully saturated rings. The largest absolute Gasteiger partial charge is 0.443 e. The molecule has 1 N–H and O–H groups in total. The number of imidazole rings is 1. The fourth-order valence-corrected chi connectivity index (χ4v) is 6.13. The van der Waals surface area contributed by atoms with Crippen LogP contribution in [-0.4, -0.2) is 62.9 Å². The van der Waals surface area contributed by atoms with Crippen molar-refractivity contribution in [3.63, 3.8) is 0 Å². The van der Waals surface area contributed by atoms with Crippen LogP contribution in [-0.2, 0) is 17.8 Å². The zero-order chi connectivity index (χ0) is 28.9. The molecule has 2 amide bonds. The van der Waals surface area contributed by atoms with Gasteiger partial charge in [-0.25, -0.2) is 9.97 Å². The number of carbonyl (C=O) groups excluding carboxylic acids is 2. The Morgan fingerprint density at radius 2 is 1.93 bits per heavy atom. The Morgan fingerprint density at radius 3 is 2.71 bits per heavy atom. The highest BCUT2D eigenvalue weighted by molar-refractivity contribution is 7.17. The number of oxazole rings is 1. The molecular weight excluding hydrogens is 550 g/mol. The second kappa shape index (κ2) is 12.7. The molecule has 5 aromatic rings. The number of nitrogens with one attached hydrogen (secondary N) is 1. The third-order valence-corrected chi connectivity index (χ3v) is 8.76. The Labute approximate surface area is 248 Å². The van der Waals surface area contributed by atoms with Crippen molar-refractivity contribution in [1.29, 1.82) is 0 Å². The van der Waals surface area contributed by atoms with Gasteiger partial charge in [0.2, 0.25) is 11.9 Å². The highest BCUT2D eigenvalue weighted by atomic mass is 32.1. The summed E-state index contributed by atoms with van der Waals surface area (Å²) in [6.07, 6.45) is 11.5.